The van der Waals surface area contributed by atoms with Gasteiger partial charge in [0.25, 0.3) is 0 Å². The minimum absolute atomic E-state index is 0.0904. The zero-order chi connectivity index (χ0) is 20.0. The molecule has 0 amide bonds. The number of hydrogen-bond acceptors (Lipinski definition) is 5. The first-order valence-electron chi connectivity index (χ1n) is 8.67. The molecule has 9 heteroatoms. The summed E-state index contributed by atoms with van der Waals surface area (Å²) in [6.45, 7) is 6.87. The van der Waals surface area contributed by atoms with Crippen LogP contribution < -0.4 is 10.6 Å². The molecule has 1 aromatic carbocycles. The van der Waals surface area contributed by atoms with Gasteiger partial charge in [0, 0.05) is 37.8 Å². The molecular weight excluding hydrogens is 382 g/mol. The summed E-state index contributed by atoms with van der Waals surface area (Å²) in [5.74, 6) is 0.666. The van der Waals surface area contributed by atoms with Gasteiger partial charge >= 0.3 is 0 Å². The van der Waals surface area contributed by atoms with Crippen molar-refractivity contribution in [3.63, 3.8) is 0 Å². The van der Waals surface area contributed by atoms with Gasteiger partial charge in [-0.1, -0.05) is 12.1 Å². The Morgan fingerprint density at radius 1 is 1.22 bits per heavy atom. The molecule has 148 valence electrons. The molecule has 0 fully saturated rings. The van der Waals surface area contributed by atoms with Crippen LogP contribution in [0, 0.1) is 6.92 Å². The summed E-state index contributed by atoms with van der Waals surface area (Å²) in [6, 6.07) is 6.81. The molecule has 0 aliphatic carbocycles. The molecule has 0 atom stereocenters. The summed E-state index contributed by atoms with van der Waals surface area (Å²) < 4.78 is 26.4. The zero-order valence-corrected chi connectivity index (χ0v) is 18.0. The number of thiazole rings is 1. The third-order valence-corrected chi connectivity index (χ3v) is 7.05. The zero-order valence-electron chi connectivity index (χ0n) is 16.4. The van der Waals surface area contributed by atoms with Crippen molar-refractivity contribution in [2.45, 2.75) is 44.8 Å². The van der Waals surface area contributed by atoms with Gasteiger partial charge in [0.2, 0.25) is 10.0 Å². The number of guanidine groups is 1. The lowest BCUT2D eigenvalue weighted by molar-refractivity contribution is 0.410. The largest absolute Gasteiger partial charge is 0.352 e. The number of aryl methyl sites for hydroxylation is 1. The van der Waals surface area contributed by atoms with Crippen molar-refractivity contribution >= 4 is 27.3 Å². The fraction of sp³-hybridized carbons (Fsp3) is 0.444. The second-order valence-electron chi connectivity index (χ2n) is 6.40. The molecule has 0 unspecified atom stereocenters. The third kappa shape index (κ3) is 5.75. The molecule has 2 N–H and O–H groups in total. The Hall–Kier alpha value is -1.97. The van der Waals surface area contributed by atoms with Gasteiger partial charge in [-0.2, -0.15) is 4.31 Å². The highest BCUT2D eigenvalue weighted by Gasteiger charge is 2.22. The van der Waals surface area contributed by atoms with E-state index < -0.39 is 10.0 Å². The number of aliphatic imine (C=N–C) groups is 1. The van der Waals surface area contributed by atoms with E-state index in [2.05, 4.69) is 20.6 Å². The Morgan fingerprint density at radius 3 is 2.37 bits per heavy atom. The lowest BCUT2D eigenvalue weighted by atomic mass is 10.2. The summed E-state index contributed by atoms with van der Waals surface area (Å²) >= 11 is 1.65. The van der Waals surface area contributed by atoms with Gasteiger partial charge in [0.15, 0.2) is 5.96 Å². The third-order valence-electron chi connectivity index (χ3n) is 4.09. The fourth-order valence-electron chi connectivity index (χ4n) is 2.27. The average molecular weight is 410 g/mol. The fourth-order valence-corrected chi connectivity index (χ4v) is 4.37. The van der Waals surface area contributed by atoms with Crippen LogP contribution in [0.25, 0.3) is 0 Å². The van der Waals surface area contributed by atoms with Crippen LogP contribution in [0.3, 0.4) is 0 Å². The first-order valence-corrected chi connectivity index (χ1v) is 10.9. The second-order valence-corrected chi connectivity index (χ2v) is 9.72. The smallest absolute Gasteiger partial charge is 0.243 e. The van der Waals surface area contributed by atoms with E-state index in [9.17, 15) is 8.42 Å². The van der Waals surface area contributed by atoms with E-state index in [0.29, 0.717) is 23.9 Å². The van der Waals surface area contributed by atoms with E-state index in [1.165, 1.54) is 9.18 Å². The molecule has 0 bridgehead atoms. The Balaban J connectivity index is 1.93. The maximum Gasteiger partial charge on any atom is 0.243 e. The lowest BCUT2D eigenvalue weighted by Crippen LogP contribution is -2.36. The average Bonchev–Trinajstić information content (AvgIpc) is 3.06. The number of nitrogens with zero attached hydrogens (tertiary/aromatic N) is 3. The van der Waals surface area contributed by atoms with E-state index in [4.69, 9.17) is 0 Å². The van der Waals surface area contributed by atoms with Crippen molar-refractivity contribution in [2.75, 3.05) is 14.1 Å². The molecule has 27 heavy (non-hydrogen) atoms. The SMILES string of the molecule is CN=C(NCc1ccc(S(=O)(=O)N(C)C(C)C)cc1)NCc1ncc(C)s1. The molecule has 0 saturated carbocycles. The van der Waals surface area contributed by atoms with Crippen LogP contribution in [0.1, 0.15) is 29.3 Å². The molecule has 1 heterocycles. The topological polar surface area (TPSA) is 86.7 Å². The number of benzene rings is 1. The van der Waals surface area contributed by atoms with Crippen LogP contribution >= 0.6 is 11.3 Å². The number of hydrogen-bond donors (Lipinski definition) is 2. The van der Waals surface area contributed by atoms with Crippen LogP contribution in [-0.2, 0) is 23.1 Å². The highest BCUT2D eigenvalue weighted by molar-refractivity contribution is 7.89. The van der Waals surface area contributed by atoms with Crippen molar-refractivity contribution in [1.29, 1.82) is 0 Å². The van der Waals surface area contributed by atoms with Crippen LogP contribution in [0.2, 0.25) is 0 Å². The Kier molecular flexibility index (Phi) is 7.34. The van der Waals surface area contributed by atoms with Gasteiger partial charge in [-0.25, -0.2) is 13.4 Å². The normalized spacial score (nSPS) is 12.6. The monoisotopic (exact) mass is 409 g/mol. The van der Waals surface area contributed by atoms with Gasteiger partial charge in [-0.05, 0) is 38.5 Å². The first-order chi connectivity index (χ1) is 12.7. The molecule has 0 aliphatic rings. The number of sulfonamides is 1. The molecule has 1 aromatic heterocycles. The van der Waals surface area contributed by atoms with Gasteiger partial charge in [0.05, 0.1) is 11.4 Å². The minimum atomic E-state index is -3.46. The molecule has 2 aromatic rings. The number of aromatic nitrogens is 1. The molecule has 0 spiro atoms. The number of rotatable bonds is 7. The lowest BCUT2D eigenvalue weighted by Gasteiger charge is -2.21. The Bertz CT molecular complexity index is 873. The van der Waals surface area contributed by atoms with Crippen LogP contribution in [-0.4, -0.2) is 43.8 Å². The van der Waals surface area contributed by atoms with Crippen molar-refractivity contribution in [2.24, 2.45) is 4.99 Å². The van der Waals surface area contributed by atoms with Crippen LogP contribution in [0.4, 0.5) is 0 Å². The summed E-state index contributed by atoms with van der Waals surface area (Å²) in [7, 11) is -0.157. The molecular formula is C18H27N5O2S2. The van der Waals surface area contributed by atoms with E-state index in [-0.39, 0.29) is 6.04 Å². The minimum Gasteiger partial charge on any atom is -0.352 e. The highest BCUT2D eigenvalue weighted by atomic mass is 32.2. The van der Waals surface area contributed by atoms with E-state index in [0.717, 1.165) is 10.6 Å². The maximum atomic E-state index is 12.5. The van der Waals surface area contributed by atoms with Crippen molar-refractivity contribution in [3.05, 3.63) is 45.9 Å². The molecule has 0 radical (unpaired) electrons. The van der Waals surface area contributed by atoms with Crippen molar-refractivity contribution < 1.29 is 8.42 Å². The van der Waals surface area contributed by atoms with E-state index in [1.807, 2.05) is 39.1 Å². The maximum absolute atomic E-state index is 12.5. The molecule has 0 aliphatic heterocycles. The predicted octanol–water partition coefficient (Wildman–Crippen LogP) is 2.35. The van der Waals surface area contributed by atoms with E-state index >= 15 is 0 Å². The van der Waals surface area contributed by atoms with E-state index in [1.54, 1.807) is 37.6 Å². The highest BCUT2D eigenvalue weighted by Crippen LogP contribution is 2.17. The van der Waals surface area contributed by atoms with Gasteiger partial charge in [-0.3, -0.25) is 4.99 Å². The van der Waals surface area contributed by atoms with Crippen molar-refractivity contribution in [1.82, 2.24) is 19.9 Å². The van der Waals surface area contributed by atoms with Gasteiger partial charge in [-0.15, -0.1) is 11.3 Å². The van der Waals surface area contributed by atoms with Crippen molar-refractivity contribution in [3.8, 4) is 0 Å². The van der Waals surface area contributed by atoms with Crippen LogP contribution in [0.15, 0.2) is 40.4 Å². The molecule has 2 rings (SSSR count). The molecule has 7 nitrogen and oxygen atoms in total. The number of nitrogens with one attached hydrogen (secondary N) is 2. The predicted molar refractivity (Wildman–Crippen MR) is 110 cm³/mol. The molecule has 0 saturated heterocycles. The summed E-state index contributed by atoms with van der Waals surface area (Å²) in [5, 5.41) is 7.43. The van der Waals surface area contributed by atoms with Gasteiger partial charge in [0.1, 0.15) is 5.01 Å². The Labute approximate surface area is 165 Å². The van der Waals surface area contributed by atoms with Gasteiger partial charge < -0.3 is 10.6 Å². The van der Waals surface area contributed by atoms with Crippen LogP contribution in [0.5, 0.6) is 0 Å². The first kappa shape index (κ1) is 21.3. The Morgan fingerprint density at radius 2 is 1.85 bits per heavy atom. The summed E-state index contributed by atoms with van der Waals surface area (Å²) in [5.41, 5.74) is 0.967. The summed E-state index contributed by atoms with van der Waals surface area (Å²) in [4.78, 5) is 9.97. The standard InChI is InChI=1S/C18H27N5O2S2/c1-13(2)23(5)27(24,25)16-8-6-15(7-9-16)11-21-18(19-4)22-12-17-20-10-14(3)26-17/h6-10,13H,11-12H2,1-5H3,(H2,19,21,22). The summed E-state index contributed by atoms with van der Waals surface area (Å²) in [6.07, 6.45) is 1.85. The second kappa shape index (κ2) is 9.29. The quantitative estimate of drug-likeness (QED) is 0.541.